The number of anilines is 1. The lowest BCUT2D eigenvalue weighted by atomic mass is 9.98. The molecule has 1 fully saturated rings. The first-order valence-electron chi connectivity index (χ1n) is 8.87. The summed E-state index contributed by atoms with van der Waals surface area (Å²) in [6.07, 6.45) is 5.53. The highest BCUT2D eigenvalue weighted by Gasteiger charge is 2.29. The van der Waals surface area contributed by atoms with Crippen molar-refractivity contribution in [1.82, 2.24) is 20.1 Å². The average Bonchev–Trinajstić information content (AvgIpc) is 3.19. The van der Waals surface area contributed by atoms with Crippen molar-refractivity contribution in [2.75, 3.05) is 31.1 Å². The molecule has 2 aromatic heterocycles. The minimum Gasteiger partial charge on any atom is -0.354 e. The molecule has 0 bridgehead atoms. The van der Waals surface area contributed by atoms with Gasteiger partial charge in [-0.15, -0.1) is 0 Å². The van der Waals surface area contributed by atoms with E-state index in [1.807, 2.05) is 31.5 Å². The maximum absolute atomic E-state index is 14.5. The number of hydrogen-bond donors (Lipinski definition) is 1. The van der Waals surface area contributed by atoms with Crippen LogP contribution in [0.5, 0.6) is 0 Å². The lowest BCUT2D eigenvalue weighted by Crippen LogP contribution is -2.48. The third-order valence-electron chi connectivity index (χ3n) is 4.93. The minimum absolute atomic E-state index is 0.136. The number of rotatable bonds is 4. The quantitative estimate of drug-likeness (QED) is 0.784. The van der Waals surface area contributed by atoms with Crippen LogP contribution in [0.2, 0.25) is 0 Å². The van der Waals surface area contributed by atoms with E-state index in [0.717, 1.165) is 43.1 Å². The molecular formula is C20H22FN5. The molecule has 6 heteroatoms. The molecule has 1 saturated heterocycles. The van der Waals surface area contributed by atoms with Crippen molar-refractivity contribution >= 4 is 5.82 Å². The fraction of sp³-hybridized carbons (Fsp3) is 0.300. The van der Waals surface area contributed by atoms with Gasteiger partial charge in [0.05, 0.1) is 12.2 Å². The van der Waals surface area contributed by atoms with Crippen molar-refractivity contribution in [3.05, 3.63) is 77.5 Å². The van der Waals surface area contributed by atoms with Gasteiger partial charge in [-0.3, -0.25) is 10.00 Å². The Morgan fingerprint density at radius 1 is 1.04 bits per heavy atom. The molecule has 4 rings (SSSR count). The summed E-state index contributed by atoms with van der Waals surface area (Å²) in [6, 6.07) is 11.0. The first kappa shape index (κ1) is 16.7. The van der Waals surface area contributed by atoms with Gasteiger partial charge < -0.3 is 4.90 Å². The Kier molecular flexibility index (Phi) is 4.67. The number of nitrogens with one attached hydrogen (secondary N) is 1. The number of nitrogens with zero attached hydrogens (tertiary/aromatic N) is 4. The van der Waals surface area contributed by atoms with E-state index in [1.54, 1.807) is 12.3 Å². The van der Waals surface area contributed by atoms with Crippen LogP contribution < -0.4 is 4.90 Å². The van der Waals surface area contributed by atoms with Gasteiger partial charge in [0.1, 0.15) is 11.6 Å². The summed E-state index contributed by atoms with van der Waals surface area (Å²) in [7, 11) is 0. The third-order valence-corrected chi connectivity index (χ3v) is 4.93. The molecule has 1 aliphatic heterocycles. The summed E-state index contributed by atoms with van der Waals surface area (Å²) in [5.41, 5.74) is 2.83. The Labute approximate surface area is 152 Å². The summed E-state index contributed by atoms with van der Waals surface area (Å²) in [5.74, 6) is 0.822. The van der Waals surface area contributed by atoms with Crippen molar-refractivity contribution in [2.45, 2.75) is 13.0 Å². The van der Waals surface area contributed by atoms with E-state index in [2.05, 4.69) is 37.1 Å². The van der Waals surface area contributed by atoms with E-state index in [4.69, 9.17) is 0 Å². The van der Waals surface area contributed by atoms with Crippen molar-refractivity contribution < 1.29 is 4.39 Å². The van der Waals surface area contributed by atoms with Crippen molar-refractivity contribution in [1.29, 1.82) is 0 Å². The number of benzene rings is 1. The van der Waals surface area contributed by atoms with Gasteiger partial charge in [0, 0.05) is 49.7 Å². The van der Waals surface area contributed by atoms with Gasteiger partial charge in [0.25, 0.3) is 0 Å². The van der Waals surface area contributed by atoms with E-state index < -0.39 is 0 Å². The number of aryl methyl sites for hydroxylation is 1. The van der Waals surface area contributed by atoms with E-state index in [-0.39, 0.29) is 11.9 Å². The second-order valence-corrected chi connectivity index (χ2v) is 6.67. The molecule has 3 heterocycles. The Morgan fingerprint density at radius 3 is 2.50 bits per heavy atom. The maximum atomic E-state index is 14.5. The second kappa shape index (κ2) is 7.25. The molecule has 3 aromatic rings. The summed E-state index contributed by atoms with van der Waals surface area (Å²) < 4.78 is 14.5. The Balaban J connectivity index is 1.55. The molecule has 0 aliphatic carbocycles. The zero-order valence-electron chi connectivity index (χ0n) is 14.8. The molecule has 0 radical (unpaired) electrons. The average molecular weight is 351 g/mol. The lowest BCUT2D eigenvalue weighted by Gasteiger charge is -2.39. The molecule has 5 nitrogen and oxygen atoms in total. The van der Waals surface area contributed by atoms with Gasteiger partial charge >= 0.3 is 0 Å². The number of H-pyrrole nitrogens is 1. The molecule has 26 heavy (non-hydrogen) atoms. The Bertz CT molecular complexity index is 839. The van der Waals surface area contributed by atoms with E-state index in [0.29, 0.717) is 5.56 Å². The van der Waals surface area contributed by atoms with Crippen LogP contribution in [-0.2, 0) is 0 Å². The zero-order valence-corrected chi connectivity index (χ0v) is 14.8. The van der Waals surface area contributed by atoms with Crippen LogP contribution in [0.15, 0.2) is 55.0 Å². The molecule has 134 valence electrons. The normalized spacial score (nSPS) is 16.6. The van der Waals surface area contributed by atoms with Gasteiger partial charge in [-0.05, 0) is 24.6 Å². The third kappa shape index (κ3) is 3.32. The summed E-state index contributed by atoms with van der Waals surface area (Å²) in [5, 5.41) is 6.93. The number of aromatic amines is 1. The van der Waals surface area contributed by atoms with Crippen LogP contribution in [0.1, 0.15) is 22.7 Å². The highest BCUT2D eigenvalue weighted by atomic mass is 19.1. The molecule has 1 unspecified atom stereocenters. The number of piperazine rings is 1. The lowest BCUT2D eigenvalue weighted by molar-refractivity contribution is 0.208. The van der Waals surface area contributed by atoms with Crippen LogP contribution in [0.3, 0.4) is 0 Å². The van der Waals surface area contributed by atoms with E-state index in [1.165, 1.54) is 6.07 Å². The summed E-state index contributed by atoms with van der Waals surface area (Å²) in [6.45, 7) is 5.43. The summed E-state index contributed by atoms with van der Waals surface area (Å²) >= 11 is 0. The second-order valence-electron chi connectivity index (χ2n) is 6.67. The molecule has 0 saturated carbocycles. The van der Waals surface area contributed by atoms with Gasteiger partial charge in [0.15, 0.2) is 0 Å². The monoisotopic (exact) mass is 351 g/mol. The highest BCUT2D eigenvalue weighted by molar-refractivity contribution is 5.40. The SMILES string of the molecule is Cc1ccc(N2CCN(C(c3cn[nH]c3)c3ccccc3F)CC2)nc1. The Morgan fingerprint density at radius 2 is 1.85 bits per heavy atom. The van der Waals surface area contributed by atoms with Crippen molar-refractivity contribution in [3.8, 4) is 0 Å². The van der Waals surface area contributed by atoms with Gasteiger partial charge in [-0.25, -0.2) is 9.37 Å². The van der Waals surface area contributed by atoms with Gasteiger partial charge in [-0.2, -0.15) is 5.10 Å². The fourth-order valence-electron chi connectivity index (χ4n) is 3.55. The van der Waals surface area contributed by atoms with Crippen molar-refractivity contribution in [2.24, 2.45) is 0 Å². The minimum atomic E-state index is -0.179. The molecular weight excluding hydrogens is 329 g/mol. The molecule has 1 atom stereocenters. The van der Waals surface area contributed by atoms with Crippen LogP contribution in [0.25, 0.3) is 0 Å². The molecule has 1 aromatic carbocycles. The van der Waals surface area contributed by atoms with Gasteiger partial charge in [0.2, 0.25) is 0 Å². The number of hydrogen-bond acceptors (Lipinski definition) is 4. The van der Waals surface area contributed by atoms with Crippen LogP contribution in [0, 0.1) is 12.7 Å². The first-order chi connectivity index (χ1) is 12.7. The predicted octanol–water partition coefficient (Wildman–Crippen LogP) is 3.16. The van der Waals surface area contributed by atoms with Crippen LogP contribution >= 0.6 is 0 Å². The predicted molar refractivity (Wildman–Crippen MR) is 99.6 cm³/mol. The van der Waals surface area contributed by atoms with Crippen molar-refractivity contribution in [3.63, 3.8) is 0 Å². The van der Waals surface area contributed by atoms with E-state index >= 15 is 0 Å². The van der Waals surface area contributed by atoms with Gasteiger partial charge in [-0.1, -0.05) is 24.3 Å². The topological polar surface area (TPSA) is 48.0 Å². The number of halogens is 1. The molecule has 1 aliphatic rings. The molecule has 1 N–H and O–H groups in total. The maximum Gasteiger partial charge on any atom is 0.128 e. The number of pyridine rings is 1. The highest BCUT2D eigenvalue weighted by Crippen LogP contribution is 2.31. The first-order valence-corrected chi connectivity index (χ1v) is 8.87. The molecule has 0 amide bonds. The zero-order chi connectivity index (χ0) is 17.9. The largest absolute Gasteiger partial charge is 0.354 e. The fourth-order valence-corrected chi connectivity index (χ4v) is 3.55. The number of aromatic nitrogens is 3. The van der Waals surface area contributed by atoms with Crippen LogP contribution in [0.4, 0.5) is 10.2 Å². The summed E-state index contributed by atoms with van der Waals surface area (Å²) in [4.78, 5) is 9.12. The standard InChI is InChI=1S/C20H22FN5/c1-15-6-7-19(22-12-15)25-8-10-26(11-9-25)20(16-13-23-24-14-16)17-4-2-3-5-18(17)21/h2-7,12-14,20H,8-11H2,1H3,(H,23,24). The van der Waals surface area contributed by atoms with E-state index in [9.17, 15) is 4.39 Å². The van der Waals surface area contributed by atoms with Crippen LogP contribution in [-0.4, -0.2) is 46.3 Å². The molecule has 0 spiro atoms. The smallest absolute Gasteiger partial charge is 0.128 e. The Hall–Kier alpha value is -2.73.